The van der Waals surface area contributed by atoms with Gasteiger partial charge in [-0.2, -0.15) is 5.10 Å². The van der Waals surface area contributed by atoms with E-state index < -0.39 is 0 Å². The molecule has 0 atom stereocenters. The number of hydrogen-bond donors (Lipinski definition) is 1. The van der Waals surface area contributed by atoms with Crippen LogP contribution in [0, 0.1) is 10.5 Å². The van der Waals surface area contributed by atoms with Gasteiger partial charge in [0, 0.05) is 12.7 Å². The summed E-state index contributed by atoms with van der Waals surface area (Å²) in [6.45, 7) is 4.04. The lowest BCUT2D eigenvalue weighted by molar-refractivity contribution is 0.740. The van der Waals surface area contributed by atoms with E-state index in [4.69, 9.17) is 0 Å². The van der Waals surface area contributed by atoms with E-state index in [9.17, 15) is 4.79 Å². The zero-order valence-electron chi connectivity index (χ0n) is 10.6. The van der Waals surface area contributed by atoms with E-state index in [2.05, 4.69) is 44.6 Å². The van der Waals surface area contributed by atoms with E-state index in [0.29, 0.717) is 9.39 Å². The SMILES string of the molecule is CCCc1nc(-c2cnn(C)c2C)[nH]c(=O)c1I. The van der Waals surface area contributed by atoms with Gasteiger partial charge in [0.15, 0.2) is 0 Å². The Kier molecular flexibility index (Phi) is 3.84. The van der Waals surface area contributed by atoms with Gasteiger partial charge in [0.25, 0.3) is 5.56 Å². The van der Waals surface area contributed by atoms with Crippen molar-refractivity contribution >= 4 is 22.6 Å². The van der Waals surface area contributed by atoms with Crippen LogP contribution in [0.15, 0.2) is 11.0 Å². The van der Waals surface area contributed by atoms with Crippen LogP contribution in [0.2, 0.25) is 0 Å². The summed E-state index contributed by atoms with van der Waals surface area (Å²) in [5, 5.41) is 4.17. The molecule has 2 heterocycles. The predicted octanol–water partition coefficient (Wildman–Crippen LogP) is 2.04. The highest BCUT2D eigenvalue weighted by molar-refractivity contribution is 14.1. The second-order valence-electron chi connectivity index (χ2n) is 4.19. The van der Waals surface area contributed by atoms with Gasteiger partial charge in [-0.25, -0.2) is 4.98 Å². The van der Waals surface area contributed by atoms with Gasteiger partial charge < -0.3 is 4.98 Å². The minimum atomic E-state index is -0.0766. The number of aromatic nitrogens is 4. The minimum Gasteiger partial charge on any atom is -0.305 e. The Bertz CT molecular complexity index is 629. The smallest absolute Gasteiger partial charge is 0.264 e. The van der Waals surface area contributed by atoms with Crippen molar-refractivity contribution in [3.63, 3.8) is 0 Å². The van der Waals surface area contributed by atoms with Crippen molar-refractivity contribution in [1.29, 1.82) is 0 Å². The summed E-state index contributed by atoms with van der Waals surface area (Å²) in [5.41, 5.74) is 2.65. The van der Waals surface area contributed by atoms with Gasteiger partial charge in [-0.1, -0.05) is 13.3 Å². The number of nitrogens with one attached hydrogen (secondary N) is 1. The van der Waals surface area contributed by atoms with Crippen molar-refractivity contribution < 1.29 is 0 Å². The molecule has 96 valence electrons. The van der Waals surface area contributed by atoms with Gasteiger partial charge in [0.05, 0.1) is 21.0 Å². The molecule has 0 aliphatic heterocycles. The molecule has 0 fully saturated rings. The molecule has 0 spiro atoms. The highest BCUT2D eigenvalue weighted by Crippen LogP contribution is 2.19. The molecule has 0 amide bonds. The summed E-state index contributed by atoms with van der Waals surface area (Å²) >= 11 is 2.05. The number of nitrogens with zero attached hydrogens (tertiary/aromatic N) is 3. The van der Waals surface area contributed by atoms with Crippen LogP contribution in [0.4, 0.5) is 0 Å². The van der Waals surface area contributed by atoms with E-state index in [-0.39, 0.29) is 5.56 Å². The first-order chi connectivity index (χ1) is 8.54. The van der Waals surface area contributed by atoms with Gasteiger partial charge in [0.2, 0.25) is 0 Å². The van der Waals surface area contributed by atoms with Crippen molar-refractivity contribution in [3.05, 3.63) is 31.5 Å². The van der Waals surface area contributed by atoms with Gasteiger partial charge in [-0.15, -0.1) is 0 Å². The first-order valence-corrected chi connectivity index (χ1v) is 6.90. The van der Waals surface area contributed by atoms with Crippen LogP contribution in [0.3, 0.4) is 0 Å². The average molecular weight is 358 g/mol. The first kappa shape index (κ1) is 13.3. The quantitative estimate of drug-likeness (QED) is 0.855. The lowest BCUT2D eigenvalue weighted by Gasteiger charge is -2.05. The zero-order chi connectivity index (χ0) is 13.3. The molecule has 2 aromatic rings. The number of rotatable bonds is 3. The van der Waals surface area contributed by atoms with Crippen LogP contribution in [-0.2, 0) is 13.5 Å². The van der Waals surface area contributed by atoms with Gasteiger partial charge >= 0.3 is 0 Å². The van der Waals surface area contributed by atoms with Crippen molar-refractivity contribution in [2.24, 2.45) is 7.05 Å². The van der Waals surface area contributed by atoms with E-state index >= 15 is 0 Å². The average Bonchev–Trinajstić information content (AvgIpc) is 2.66. The van der Waals surface area contributed by atoms with E-state index in [0.717, 1.165) is 29.8 Å². The summed E-state index contributed by atoms with van der Waals surface area (Å²) in [7, 11) is 1.87. The Hall–Kier alpha value is -1.18. The van der Waals surface area contributed by atoms with Crippen molar-refractivity contribution in [2.45, 2.75) is 26.7 Å². The largest absolute Gasteiger partial charge is 0.305 e. The first-order valence-electron chi connectivity index (χ1n) is 5.82. The number of halogens is 1. The van der Waals surface area contributed by atoms with E-state index in [1.165, 1.54) is 0 Å². The normalized spacial score (nSPS) is 10.9. The van der Waals surface area contributed by atoms with Crippen LogP contribution >= 0.6 is 22.6 Å². The molecule has 0 saturated heterocycles. The number of aryl methyl sites for hydroxylation is 2. The summed E-state index contributed by atoms with van der Waals surface area (Å²) in [4.78, 5) is 19.3. The van der Waals surface area contributed by atoms with Gasteiger partial charge in [-0.3, -0.25) is 9.48 Å². The zero-order valence-corrected chi connectivity index (χ0v) is 12.8. The molecule has 0 saturated carbocycles. The number of aromatic amines is 1. The highest BCUT2D eigenvalue weighted by Gasteiger charge is 2.13. The van der Waals surface area contributed by atoms with Crippen LogP contribution in [-0.4, -0.2) is 19.7 Å². The molecule has 0 aliphatic rings. The Morgan fingerprint density at radius 3 is 2.78 bits per heavy atom. The molecule has 2 rings (SSSR count). The molecule has 0 bridgehead atoms. The Morgan fingerprint density at radius 2 is 2.22 bits per heavy atom. The molecule has 18 heavy (non-hydrogen) atoms. The van der Waals surface area contributed by atoms with Crippen molar-refractivity contribution in [3.8, 4) is 11.4 Å². The maximum atomic E-state index is 11.9. The van der Waals surface area contributed by atoms with Crippen LogP contribution in [0.1, 0.15) is 24.7 Å². The molecule has 0 radical (unpaired) electrons. The number of H-pyrrole nitrogens is 1. The molecular formula is C12H15IN4O. The third-order valence-corrected chi connectivity index (χ3v) is 4.02. The lowest BCUT2D eigenvalue weighted by atomic mass is 10.2. The Morgan fingerprint density at radius 1 is 1.50 bits per heavy atom. The maximum absolute atomic E-state index is 11.9. The van der Waals surface area contributed by atoms with Crippen LogP contribution < -0.4 is 5.56 Å². The molecular weight excluding hydrogens is 343 g/mol. The van der Waals surface area contributed by atoms with E-state index in [1.807, 2.05) is 14.0 Å². The van der Waals surface area contributed by atoms with E-state index in [1.54, 1.807) is 10.9 Å². The molecule has 0 aliphatic carbocycles. The minimum absolute atomic E-state index is 0.0766. The fourth-order valence-electron chi connectivity index (χ4n) is 1.77. The van der Waals surface area contributed by atoms with Crippen LogP contribution in [0.5, 0.6) is 0 Å². The summed E-state index contributed by atoms with van der Waals surface area (Å²) in [5.74, 6) is 0.606. The molecule has 2 aromatic heterocycles. The molecule has 5 nitrogen and oxygen atoms in total. The molecule has 6 heteroatoms. The summed E-state index contributed by atoms with van der Waals surface area (Å²) in [6, 6.07) is 0. The summed E-state index contributed by atoms with van der Waals surface area (Å²) < 4.78 is 2.45. The van der Waals surface area contributed by atoms with Crippen molar-refractivity contribution in [1.82, 2.24) is 19.7 Å². The second kappa shape index (κ2) is 5.21. The van der Waals surface area contributed by atoms with Crippen LogP contribution in [0.25, 0.3) is 11.4 Å². The fraction of sp³-hybridized carbons (Fsp3) is 0.417. The monoisotopic (exact) mass is 358 g/mol. The highest BCUT2D eigenvalue weighted by atomic mass is 127. The van der Waals surface area contributed by atoms with Gasteiger partial charge in [-0.05, 0) is 35.9 Å². The molecule has 0 aromatic carbocycles. The third kappa shape index (κ3) is 2.33. The standard InChI is InChI=1S/C12H15IN4O/c1-4-5-9-10(13)12(18)16-11(15-9)8-6-14-17(3)7(8)2/h6H,4-5H2,1-3H3,(H,15,16,18). The topological polar surface area (TPSA) is 63.6 Å². The maximum Gasteiger partial charge on any atom is 0.264 e. The molecule has 1 N–H and O–H groups in total. The number of hydrogen-bond acceptors (Lipinski definition) is 3. The third-order valence-electron chi connectivity index (χ3n) is 2.91. The fourth-order valence-corrected chi connectivity index (χ4v) is 2.29. The lowest BCUT2D eigenvalue weighted by Crippen LogP contribution is -2.16. The Labute approximate surface area is 119 Å². The predicted molar refractivity (Wildman–Crippen MR) is 78.5 cm³/mol. The summed E-state index contributed by atoms with van der Waals surface area (Å²) in [6.07, 6.45) is 3.52. The molecule has 0 unspecified atom stereocenters. The Balaban J connectivity index is 2.59. The van der Waals surface area contributed by atoms with Crippen molar-refractivity contribution in [2.75, 3.05) is 0 Å². The van der Waals surface area contributed by atoms with Gasteiger partial charge in [0.1, 0.15) is 5.82 Å². The second-order valence-corrected chi connectivity index (χ2v) is 5.27.